The molecule has 1 atom stereocenters. The van der Waals surface area contributed by atoms with Crippen LogP contribution < -0.4 is 5.73 Å². The van der Waals surface area contributed by atoms with Crippen LogP contribution in [0.15, 0.2) is 18.2 Å². The van der Waals surface area contributed by atoms with E-state index in [1.54, 1.807) is 13.8 Å². The summed E-state index contributed by atoms with van der Waals surface area (Å²) in [5.74, 6) is -0.463. The molecule has 0 saturated carbocycles. The average Bonchev–Trinajstić information content (AvgIpc) is 2.13. The number of halogens is 1. The number of nitro groups is 1. The van der Waals surface area contributed by atoms with E-state index in [0.717, 1.165) is 18.2 Å². The maximum atomic E-state index is 13.1. The van der Waals surface area contributed by atoms with Gasteiger partial charge in [0.25, 0.3) is 5.69 Å². The van der Waals surface area contributed by atoms with Gasteiger partial charge in [-0.2, -0.15) is 0 Å². The number of nitrogens with two attached hydrogens (primary N) is 1. The first-order valence-electron chi connectivity index (χ1n) is 5.26. The summed E-state index contributed by atoms with van der Waals surface area (Å²) in [6.45, 7) is 3.43. The van der Waals surface area contributed by atoms with E-state index in [9.17, 15) is 18.7 Å². The van der Waals surface area contributed by atoms with Crippen LogP contribution in [0.4, 0.5) is 10.1 Å². The summed E-state index contributed by atoms with van der Waals surface area (Å²) in [6, 6.07) is 3.13. The van der Waals surface area contributed by atoms with Crippen LogP contribution >= 0.6 is 0 Å². The van der Waals surface area contributed by atoms with E-state index < -0.39 is 27.1 Å². The predicted molar refractivity (Wildman–Crippen MR) is 68.0 cm³/mol. The van der Waals surface area contributed by atoms with Crippen LogP contribution in [0.1, 0.15) is 19.4 Å². The maximum absolute atomic E-state index is 13.1. The third-order valence-electron chi connectivity index (χ3n) is 2.09. The summed E-state index contributed by atoms with van der Waals surface area (Å²) in [6.07, 6.45) is 0. The van der Waals surface area contributed by atoms with Gasteiger partial charge in [-0.15, -0.1) is 0 Å². The topological polar surface area (TPSA) is 86.2 Å². The van der Waals surface area contributed by atoms with E-state index in [1.165, 1.54) is 0 Å². The fourth-order valence-corrected chi connectivity index (χ4v) is 3.00. The second kappa shape index (κ2) is 5.53. The number of rotatable bonds is 5. The van der Waals surface area contributed by atoms with Crippen molar-refractivity contribution in [3.05, 3.63) is 39.7 Å². The second-order valence-corrected chi connectivity index (χ2v) is 6.20. The highest BCUT2D eigenvalue weighted by atomic mass is 32.2. The number of benzene rings is 1. The van der Waals surface area contributed by atoms with Gasteiger partial charge in [0.15, 0.2) is 0 Å². The van der Waals surface area contributed by atoms with Crippen LogP contribution in [0.3, 0.4) is 0 Å². The molecule has 0 amide bonds. The van der Waals surface area contributed by atoms with E-state index >= 15 is 0 Å². The molecule has 1 unspecified atom stereocenters. The molecule has 1 aromatic carbocycles. The van der Waals surface area contributed by atoms with Crippen LogP contribution in [-0.4, -0.2) is 20.4 Å². The molecule has 0 aromatic heterocycles. The first kappa shape index (κ1) is 14.7. The zero-order valence-corrected chi connectivity index (χ0v) is 11.0. The zero-order valence-electron chi connectivity index (χ0n) is 10.2. The van der Waals surface area contributed by atoms with Crippen LogP contribution in [0, 0.1) is 15.9 Å². The highest BCUT2D eigenvalue weighted by molar-refractivity contribution is 7.84. The van der Waals surface area contributed by atoms with Gasteiger partial charge in [-0.05, 0) is 26.0 Å². The van der Waals surface area contributed by atoms with Gasteiger partial charge in [-0.1, -0.05) is 0 Å². The monoisotopic (exact) mass is 274 g/mol. The second-order valence-electron chi connectivity index (χ2n) is 4.75. The SMILES string of the molecule is CC(C)(N)CS(=O)Cc1cc(F)ccc1[N+](=O)[O-]. The third-order valence-corrected chi connectivity index (χ3v) is 3.79. The molecule has 0 aliphatic carbocycles. The Morgan fingerprint density at radius 1 is 1.50 bits per heavy atom. The van der Waals surface area contributed by atoms with E-state index in [1.807, 2.05) is 0 Å². The molecule has 0 spiro atoms. The molecule has 1 aromatic rings. The lowest BCUT2D eigenvalue weighted by Crippen LogP contribution is -2.38. The molecule has 0 radical (unpaired) electrons. The lowest BCUT2D eigenvalue weighted by Gasteiger charge is -2.17. The Labute approximate surface area is 107 Å². The Hall–Kier alpha value is -1.34. The minimum Gasteiger partial charge on any atom is -0.325 e. The summed E-state index contributed by atoms with van der Waals surface area (Å²) in [5, 5.41) is 10.8. The van der Waals surface area contributed by atoms with Gasteiger partial charge < -0.3 is 5.73 Å². The number of nitro benzene ring substituents is 1. The molecule has 0 bridgehead atoms. The lowest BCUT2D eigenvalue weighted by atomic mass is 10.1. The van der Waals surface area contributed by atoms with Crippen molar-refractivity contribution >= 4 is 16.5 Å². The van der Waals surface area contributed by atoms with Crippen LogP contribution in [0.25, 0.3) is 0 Å². The Bertz CT molecular complexity index is 486. The van der Waals surface area contributed by atoms with Crippen molar-refractivity contribution in [3.8, 4) is 0 Å². The van der Waals surface area contributed by atoms with E-state index in [-0.39, 0.29) is 22.8 Å². The molecule has 0 aliphatic rings. The van der Waals surface area contributed by atoms with Gasteiger partial charge in [0.05, 0.1) is 10.7 Å². The van der Waals surface area contributed by atoms with Crippen LogP contribution in [-0.2, 0) is 16.6 Å². The fraction of sp³-hybridized carbons (Fsp3) is 0.455. The van der Waals surface area contributed by atoms with E-state index in [4.69, 9.17) is 5.73 Å². The molecule has 0 heterocycles. The maximum Gasteiger partial charge on any atom is 0.273 e. The lowest BCUT2D eigenvalue weighted by molar-refractivity contribution is -0.385. The molecule has 100 valence electrons. The van der Waals surface area contributed by atoms with Gasteiger partial charge in [0, 0.05) is 33.7 Å². The minimum atomic E-state index is -1.37. The van der Waals surface area contributed by atoms with Crippen molar-refractivity contribution in [2.45, 2.75) is 25.1 Å². The Kier molecular flexibility index (Phi) is 4.53. The molecular formula is C11H15FN2O3S. The largest absolute Gasteiger partial charge is 0.325 e. The summed E-state index contributed by atoms with van der Waals surface area (Å²) >= 11 is 0. The highest BCUT2D eigenvalue weighted by Gasteiger charge is 2.20. The van der Waals surface area contributed by atoms with Crippen molar-refractivity contribution in [1.82, 2.24) is 0 Å². The molecule has 2 N–H and O–H groups in total. The van der Waals surface area contributed by atoms with Crippen molar-refractivity contribution < 1.29 is 13.5 Å². The first-order chi connectivity index (χ1) is 8.19. The highest BCUT2D eigenvalue weighted by Crippen LogP contribution is 2.21. The van der Waals surface area contributed by atoms with Crippen molar-refractivity contribution in [2.24, 2.45) is 5.73 Å². The van der Waals surface area contributed by atoms with Gasteiger partial charge in [0.1, 0.15) is 5.82 Å². The zero-order chi connectivity index (χ0) is 13.9. The predicted octanol–water partition coefficient (Wildman–Crippen LogP) is 1.72. The van der Waals surface area contributed by atoms with Crippen molar-refractivity contribution in [1.29, 1.82) is 0 Å². The molecule has 5 nitrogen and oxygen atoms in total. The summed E-state index contributed by atoms with van der Waals surface area (Å²) in [4.78, 5) is 10.1. The smallest absolute Gasteiger partial charge is 0.273 e. The number of nitrogens with zero attached hydrogens (tertiary/aromatic N) is 1. The molecule has 7 heteroatoms. The van der Waals surface area contributed by atoms with Gasteiger partial charge in [0.2, 0.25) is 0 Å². The molecule has 18 heavy (non-hydrogen) atoms. The normalized spacial score (nSPS) is 13.3. The van der Waals surface area contributed by atoms with Crippen LogP contribution in [0.5, 0.6) is 0 Å². The Morgan fingerprint density at radius 2 is 2.11 bits per heavy atom. The average molecular weight is 274 g/mol. The van der Waals surface area contributed by atoms with Crippen molar-refractivity contribution in [3.63, 3.8) is 0 Å². The minimum absolute atomic E-state index is 0.0747. The molecule has 0 fully saturated rings. The molecule has 1 rings (SSSR count). The molecule has 0 aliphatic heterocycles. The first-order valence-corrected chi connectivity index (χ1v) is 6.74. The Balaban J connectivity index is 2.93. The quantitative estimate of drug-likeness (QED) is 0.654. The summed E-state index contributed by atoms with van der Waals surface area (Å²) in [5.41, 5.74) is 4.99. The van der Waals surface area contributed by atoms with Gasteiger partial charge in [-0.25, -0.2) is 4.39 Å². The molecule has 0 saturated heterocycles. The van der Waals surface area contributed by atoms with Gasteiger partial charge >= 0.3 is 0 Å². The number of hydrogen-bond acceptors (Lipinski definition) is 4. The standard InChI is InChI=1S/C11H15FN2O3S/c1-11(2,13)7-18(17)6-8-5-9(12)3-4-10(8)14(15)16/h3-5H,6-7,13H2,1-2H3. The summed E-state index contributed by atoms with van der Waals surface area (Å²) < 4.78 is 24.9. The number of hydrogen-bond donors (Lipinski definition) is 1. The van der Waals surface area contributed by atoms with Crippen molar-refractivity contribution in [2.75, 3.05) is 5.75 Å². The van der Waals surface area contributed by atoms with E-state index in [0.29, 0.717) is 0 Å². The molecular weight excluding hydrogens is 259 g/mol. The summed E-state index contributed by atoms with van der Waals surface area (Å²) in [7, 11) is -1.37. The Morgan fingerprint density at radius 3 is 2.61 bits per heavy atom. The van der Waals surface area contributed by atoms with E-state index in [2.05, 4.69) is 0 Å². The third kappa shape index (κ3) is 4.50. The van der Waals surface area contributed by atoms with Gasteiger partial charge in [-0.3, -0.25) is 14.3 Å². The fourth-order valence-electron chi connectivity index (χ4n) is 1.49. The van der Waals surface area contributed by atoms with Crippen LogP contribution in [0.2, 0.25) is 0 Å².